The zero-order valence-electron chi connectivity index (χ0n) is 10.5. The van der Waals surface area contributed by atoms with Gasteiger partial charge in [0.05, 0.1) is 0 Å². The van der Waals surface area contributed by atoms with Crippen LogP contribution in [0.3, 0.4) is 0 Å². The van der Waals surface area contributed by atoms with Gasteiger partial charge in [-0.1, -0.05) is 15.9 Å². The maximum atomic E-state index is 13.0. The first kappa shape index (κ1) is 14.7. The largest absolute Gasteiger partial charge is 0.281 e. The van der Waals surface area contributed by atoms with Gasteiger partial charge in [-0.3, -0.25) is 9.69 Å². The van der Waals surface area contributed by atoms with E-state index < -0.39 is 0 Å². The summed E-state index contributed by atoms with van der Waals surface area (Å²) in [6, 6.07) is 11.2. The molecule has 2 aromatic carbocycles. The minimum atomic E-state index is -0.374. The number of hydrogen-bond acceptors (Lipinski definition) is 1. The molecule has 0 aliphatic rings. The van der Waals surface area contributed by atoms with E-state index in [2.05, 4.69) is 15.9 Å². The predicted molar refractivity (Wildman–Crippen MR) is 78.4 cm³/mol. The normalized spacial score (nSPS) is 10.3. The molecule has 0 spiro atoms. The summed E-state index contributed by atoms with van der Waals surface area (Å²) in [6.07, 6.45) is 0.286. The number of carbonyl (C=O) groups is 1. The third kappa shape index (κ3) is 3.42. The highest BCUT2D eigenvalue weighted by atomic mass is 79.9. The first-order valence-electron chi connectivity index (χ1n) is 6.02. The van der Waals surface area contributed by atoms with Gasteiger partial charge in [0.15, 0.2) is 0 Å². The van der Waals surface area contributed by atoms with Crippen LogP contribution in [0.2, 0.25) is 0 Å². The van der Waals surface area contributed by atoms with Crippen molar-refractivity contribution < 1.29 is 13.6 Å². The van der Waals surface area contributed by atoms with Gasteiger partial charge in [-0.15, -0.1) is 0 Å². The Hall–Kier alpha value is -1.75. The second-order valence-corrected chi connectivity index (χ2v) is 4.91. The molecule has 0 unspecified atom stereocenters. The molecule has 20 heavy (non-hydrogen) atoms. The maximum Gasteiger partial charge on any atom is 0.232 e. The zero-order chi connectivity index (χ0) is 14.5. The summed E-state index contributed by atoms with van der Waals surface area (Å²) in [7, 11) is 0. The van der Waals surface area contributed by atoms with Crippen molar-refractivity contribution in [3.05, 3.63) is 60.2 Å². The maximum absolute atomic E-state index is 13.0. The fourth-order valence-electron chi connectivity index (χ4n) is 1.81. The van der Waals surface area contributed by atoms with Gasteiger partial charge in [0.2, 0.25) is 5.91 Å². The first-order chi connectivity index (χ1) is 9.61. The van der Waals surface area contributed by atoms with Crippen LogP contribution in [-0.2, 0) is 4.79 Å². The number of halogens is 3. The van der Waals surface area contributed by atoms with E-state index >= 15 is 0 Å². The Balaban J connectivity index is 2.41. The summed E-state index contributed by atoms with van der Waals surface area (Å²) in [5.41, 5.74) is 1.09. The summed E-state index contributed by atoms with van der Waals surface area (Å²) < 4.78 is 26.0. The number of anilines is 2. The molecule has 2 rings (SSSR count). The van der Waals surface area contributed by atoms with Crippen molar-refractivity contribution in [2.45, 2.75) is 6.42 Å². The minimum Gasteiger partial charge on any atom is -0.281 e. The number of hydrogen-bond donors (Lipinski definition) is 0. The number of amides is 1. The van der Waals surface area contributed by atoms with Crippen molar-refractivity contribution in [1.29, 1.82) is 0 Å². The Labute approximate surface area is 124 Å². The van der Waals surface area contributed by atoms with Crippen molar-refractivity contribution in [3.8, 4) is 0 Å². The standard InChI is InChI=1S/C15H12BrF2NO/c16-10-9-15(20)19(13-5-1-11(17)2-6-13)14-7-3-12(18)4-8-14/h1-8H,9-10H2. The Kier molecular flexibility index (Phi) is 4.84. The molecule has 0 saturated heterocycles. The van der Waals surface area contributed by atoms with Gasteiger partial charge in [0, 0.05) is 23.1 Å². The van der Waals surface area contributed by atoms with Crippen LogP contribution in [0, 0.1) is 11.6 Å². The topological polar surface area (TPSA) is 20.3 Å². The lowest BCUT2D eigenvalue weighted by Crippen LogP contribution is -2.25. The van der Waals surface area contributed by atoms with Crippen LogP contribution in [-0.4, -0.2) is 11.2 Å². The number of carbonyl (C=O) groups excluding carboxylic acids is 1. The molecule has 0 aromatic heterocycles. The molecule has 0 saturated carbocycles. The van der Waals surface area contributed by atoms with Crippen LogP contribution in [0.25, 0.3) is 0 Å². The summed E-state index contributed by atoms with van der Waals surface area (Å²) in [6.45, 7) is 0. The summed E-state index contributed by atoms with van der Waals surface area (Å²) in [5.74, 6) is -0.901. The highest BCUT2D eigenvalue weighted by Gasteiger charge is 2.17. The zero-order valence-corrected chi connectivity index (χ0v) is 12.1. The van der Waals surface area contributed by atoms with E-state index in [0.717, 1.165) is 0 Å². The van der Waals surface area contributed by atoms with Crippen molar-refractivity contribution in [3.63, 3.8) is 0 Å². The van der Waals surface area contributed by atoms with Crippen molar-refractivity contribution >= 4 is 33.2 Å². The average Bonchev–Trinajstić information content (AvgIpc) is 2.44. The van der Waals surface area contributed by atoms with Gasteiger partial charge in [-0.05, 0) is 48.5 Å². The summed E-state index contributed by atoms with van der Waals surface area (Å²) in [5, 5.41) is 0.519. The molecular weight excluding hydrogens is 328 g/mol. The lowest BCUT2D eigenvalue weighted by Gasteiger charge is -2.22. The van der Waals surface area contributed by atoms with Crippen molar-refractivity contribution in [1.82, 2.24) is 0 Å². The summed E-state index contributed by atoms with van der Waals surface area (Å²) in [4.78, 5) is 13.7. The van der Waals surface area contributed by atoms with Crippen LogP contribution in [0.5, 0.6) is 0 Å². The highest BCUT2D eigenvalue weighted by Crippen LogP contribution is 2.26. The molecule has 0 aliphatic heterocycles. The molecule has 0 fully saturated rings. The summed E-state index contributed by atoms with van der Waals surface area (Å²) >= 11 is 3.22. The van der Waals surface area contributed by atoms with E-state index in [-0.39, 0.29) is 24.0 Å². The molecule has 0 bridgehead atoms. The molecule has 0 N–H and O–H groups in total. The van der Waals surface area contributed by atoms with Crippen LogP contribution in [0.4, 0.5) is 20.2 Å². The van der Waals surface area contributed by atoms with E-state index in [1.807, 2.05) is 0 Å². The monoisotopic (exact) mass is 339 g/mol. The smallest absolute Gasteiger partial charge is 0.232 e. The highest BCUT2D eigenvalue weighted by molar-refractivity contribution is 9.09. The second-order valence-electron chi connectivity index (χ2n) is 4.12. The van der Waals surface area contributed by atoms with Gasteiger partial charge < -0.3 is 0 Å². The molecule has 2 nitrogen and oxygen atoms in total. The molecule has 0 heterocycles. The number of alkyl halides is 1. The SMILES string of the molecule is O=C(CCBr)N(c1ccc(F)cc1)c1ccc(F)cc1. The molecule has 0 radical (unpaired) electrons. The van der Waals surface area contributed by atoms with Gasteiger partial charge >= 0.3 is 0 Å². The van der Waals surface area contributed by atoms with Crippen LogP contribution < -0.4 is 4.90 Å². The molecule has 5 heteroatoms. The molecule has 0 atom stereocenters. The fourth-order valence-corrected chi connectivity index (χ4v) is 2.15. The van der Waals surface area contributed by atoms with E-state index in [9.17, 15) is 13.6 Å². The Morgan fingerprint density at radius 2 is 1.30 bits per heavy atom. The third-order valence-electron chi connectivity index (χ3n) is 2.73. The fraction of sp³-hybridized carbons (Fsp3) is 0.133. The molecule has 0 aliphatic carbocycles. The Morgan fingerprint density at radius 1 is 0.900 bits per heavy atom. The van der Waals surface area contributed by atoms with E-state index in [0.29, 0.717) is 16.7 Å². The number of benzene rings is 2. The molecule has 1 amide bonds. The quantitative estimate of drug-likeness (QED) is 0.755. The van der Waals surface area contributed by atoms with Crippen LogP contribution in [0.1, 0.15) is 6.42 Å². The first-order valence-corrected chi connectivity index (χ1v) is 7.14. The van der Waals surface area contributed by atoms with Crippen LogP contribution in [0.15, 0.2) is 48.5 Å². The minimum absolute atomic E-state index is 0.153. The second kappa shape index (κ2) is 6.61. The lowest BCUT2D eigenvalue weighted by atomic mass is 10.2. The van der Waals surface area contributed by atoms with E-state index in [4.69, 9.17) is 0 Å². The molecular formula is C15H12BrF2NO. The third-order valence-corrected chi connectivity index (χ3v) is 3.12. The van der Waals surface area contributed by atoms with E-state index in [1.54, 1.807) is 0 Å². The van der Waals surface area contributed by atoms with Crippen molar-refractivity contribution in [2.24, 2.45) is 0 Å². The Bertz CT molecular complexity index is 538. The Morgan fingerprint density at radius 3 is 1.65 bits per heavy atom. The van der Waals surface area contributed by atoms with Gasteiger partial charge in [0.25, 0.3) is 0 Å². The predicted octanol–water partition coefficient (Wildman–Crippen LogP) is 4.41. The number of nitrogens with zero attached hydrogens (tertiary/aromatic N) is 1. The average molecular weight is 340 g/mol. The van der Waals surface area contributed by atoms with E-state index in [1.165, 1.54) is 53.4 Å². The van der Waals surface area contributed by atoms with Gasteiger partial charge in [-0.25, -0.2) is 8.78 Å². The lowest BCUT2D eigenvalue weighted by molar-refractivity contribution is -0.117. The van der Waals surface area contributed by atoms with Crippen LogP contribution >= 0.6 is 15.9 Å². The van der Waals surface area contributed by atoms with Gasteiger partial charge in [-0.2, -0.15) is 0 Å². The van der Waals surface area contributed by atoms with Crippen molar-refractivity contribution in [2.75, 3.05) is 10.2 Å². The molecule has 104 valence electrons. The van der Waals surface area contributed by atoms with Gasteiger partial charge in [0.1, 0.15) is 11.6 Å². The number of rotatable bonds is 4. The molecule has 2 aromatic rings.